The lowest BCUT2D eigenvalue weighted by atomic mass is 10.1. The van der Waals surface area contributed by atoms with Gasteiger partial charge >= 0.3 is 0 Å². The fourth-order valence-electron chi connectivity index (χ4n) is 0.920. The molecule has 0 atom stereocenters. The molecule has 0 aliphatic carbocycles. The summed E-state index contributed by atoms with van der Waals surface area (Å²) in [6, 6.07) is 0. The van der Waals surface area contributed by atoms with Gasteiger partial charge in [0.15, 0.2) is 10.8 Å². The van der Waals surface area contributed by atoms with Crippen molar-refractivity contribution >= 4 is 22.9 Å². The van der Waals surface area contributed by atoms with E-state index >= 15 is 0 Å². The molecule has 0 fully saturated rings. The lowest BCUT2D eigenvalue weighted by Crippen LogP contribution is -2.09. The minimum absolute atomic E-state index is 0.0725. The number of carbonyl (C=O) groups is 2. The second kappa shape index (κ2) is 5.62. The van der Waals surface area contributed by atoms with Crippen molar-refractivity contribution in [1.29, 1.82) is 0 Å². The first-order valence-corrected chi connectivity index (χ1v) is 5.05. The van der Waals surface area contributed by atoms with Crippen molar-refractivity contribution in [3.63, 3.8) is 0 Å². The first-order chi connectivity index (χ1) is 6.74. The standard InChI is InChI=1S/C9H11NO3S/c1-13-4-2-7(11)6-8(12)9-10-3-5-14-9/h3,5H,2,4,6H2,1H3. The molecule has 0 spiro atoms. The smallest absolute Gasteiger partial charge is 0.198 e. The maximum absolute atomic E-state index is 11.4. The highest BCUT2D eigenvalue weighted by Gasteiger charge is 2.13. The van der Waals surface area contributed by atoms with Crippen LogP contribution >= 0.6 is 11.3 Å². The van der Waals surface area contributed by atoms with Gasteiger partial charge in [-0.25, -0.2) is 4.98 Å². The normalized spacial score (nSPS) is 10.1. The molecule has 1 heterocycles. The third kappa shape index (κ3) is 3.35. The van der Waals surface area contributed by atoms with E-state index in [0.29, 0.717) is 11.6 Å². The molecule has 0 aliphatic rings. The number of Topliss-reactive ketones (excluding diaryl/α,β-unsaturated/α-hetero) is 2. The van der Waals surface area contributed by atoms with Gasteiger partial charge in [-0.2, -0.15) is 0 Å². The number of rotatable bonds is 6. The average molecular weight is 213 g/mol. The number of hydrogen-bond donors (Lipinski definition) is 0. The highest BCUT2D eigenvalue weighted by molar-refractivity contribution is 7.11. The van der Waals surface area contributed by atoms with E-state index in [1.807, 2.05) is 0 Å². The van der Waals surface area contributed by atoms with Crippen LogP contribution in [0.25, 0.3) is 0 Å². The molecule has 0 aromatic carbocycles. The van der Waals surface area contributed by atoms with Crippen molar-refractivity contribution in [2.75, 3.05) is 13.7 Å². The summed E-state index contributed by atoms with van der Waals surface area (Å²) >= 11 is 1.25. The third-order valence-corrected chi connectivity index (χ3v) is 2.43. The molecule has 5 heteroatoms. The van der Waals surface area contributed by atoms with E-state index in [0.717, 1.165) is 0 Å². The molecule has 76 valence electrons. The Balaban J connectivity index is 2.38. The van der Waals surface area contributed by atoms with Crippen molar-refractivity contribution in [2.45, 2.75) is 12.8 Å². The van der Waals surface area contributed by atoms with Gasteiger partial charge in [0.25, 0.3) is 0 Å². The number of methoxy groups -OCH3 is 1. The van der Waals surface area contributed by atoms with E-state index < -0.39 is 0 Å². The lowest BCUT2D eigenvalue weighted by Gasteiger charge is -1.97. The third-order valence-electron chi connectivity index (χ3n) is 1.61. The van der Waals surface area contributed by atoms with Crippen molar-refractivity contribution in [2.24, 2.45) is 0 Å². The molecular weight excluding hydrogens is 202 g/mol. The van der Waals surface area contributed by atoms with Gasteiger partial charge in [0, 0.05) is 25.1 Å². The number of ether oxygens (including phenoxy) is 1. The number of aromatic nitrogens is 1. The fraction of sp³-hybridized carbons (Fsp3) is 0.444. The summed E-state index contributed by atoms with van der Waals surface area (Å²) in [6.07, 6.45) is 1.77. The second-order valence-corrected chi connectivity index (χ2v) is 3.61. The maximum atomic E-state index is 11.4. The molecule has 0 aliphatic heterocycles. The summed E-state index contributed by atoms with van der Waals surface area (Å²) in [7, 11) is 1.52. The molecule has 1 aromatic heterocycles. The van der Waals surface area contributed by atoms with Crippen LogP contribution < -0.4 is 0 Å². The van der Waals surface area contributed by atoms with Gasteiger partial charge in [0.1, 0.15) is 5.78 Å². The monoisotopic (exact) mass is 213 g/mol. The van der Waals surface area contributed by atoms with Gasteiger partial charge in [-0.15, -0.1) is 11.3 Å². The van der Waals surface area contributed by atoms with Crippen LogP contribution in [0.1, 0.15) is 22.6 Å². The molecular formula is C9H11NO3S. The molecule has 0 N–H and O–H groups in total. The molecule has 14 heavy (non-hydrogen) atoms. The molecule has 0 saturated carbocycles. The van der Waals surface area contributed by atoms with E-state index in [1.54, 1.807) is 11.6 Å². The second-order valence-electron chi connectivity index (χ2n) is 2.72. The Hall–Kier alpha value is -1.07. The quantitative estimate of drug-likeness (QED) is 0.528. The molecule has 4 nitrogen and oxygen atoms in total. The van der Waals surface area contributed by atoms with E-state index in [1.165, 1.54) is 18.4 Å². The largest absolute Gasteiger partial charge is 0.384 e. The SMILES string of the molecule is COCCC(=O)CC(=O)c1nccs1. The Bertz CT molecular complexity index is 308. The first kappa shape index (κ1) is 11.0. The van der Waals surface area contributed by atoms with Crippen molar-refractivity contribution in [3.8, 4) is 0 Å². The highest BCUT2D eigenvalue weighted by Crippen LogP contribution is 2.08. The Labute approximate surface area is 85.9 Å². The number of hydrogen-bond acceptors (Lipinski definition) is 5. The Morgan fingerprint density at radius 2 is 2.36 bits per heavy atom. The zero-order chi connectivity index (χ0) is 10.4. The highest BCUT2D eigenvalue weighted by atomic mass is 32.1. The molecule has 0 amide bonds. The molecule has 1 aromatic rings. The maximum Gasteiger partial charge on any atom is 0.198 e. The van der Waals surface area contributed by atoms with Crippen LogP contribution in [0.2, 0.25) is 0 Å². The summed E-state index contributed by atoms with van der Waals surface area (Å²) in [5.41, 5.74) is 0. The molecule has 0 saturated heterocycles. The fourth-order valence-corrected chi connectivity index (χ4v) is 1.50. The van der Waals surface area contributed by atoms with Crippen LogP contribution in [-0.2, 0) is 9.53 Å². The van der Waals surface area contributed by atoms with E-state index in [4.69, 9.17) is 4.74 Å². The minimum Gasteiger partial charge on any atom is -0.384 e. The van der Waals surface area contributed by atoms with Crippen molar-refractivity contribution in [1.82, 2.24) is 4.98 Å². The number of nitrogens with zero attached hydrogens (tertiary/aromatic N) is 1. The summed E-state index contributed by atoms with van der Waals surface area (Å²) in [5.74, 6) is -0.312. The predicted molar refractivity (Wildman–Crippen MR) is 52.6 cm³/mol. The number of carbonyl (C=O) groups excluding carboxylic acids is 2. The lowest BCUT2D eigenvalue weighted by molar-refractivity contribution is -0.119. The van der Waals surface area contributed by atoms with E-state index in [2.05, 4.69) is 4.98 Å². The van der Waals surface area contributed by atoms with Gasteiger partial charge in [-0.05, 0) is 0 Å². The van der Waals surface area contributed by atoms with Crippen LogP contribution in [0.3, 0.4) is 0 Å². The molecule has 1 rings (SSSR count). The summed E-state index contributed by atoms with van der Waals surface area (Å²) < 4.78 is 4.74. The summed E-state index contributed by atoms with van der Waals surface area (Å²) in [6.45, 7) is 0.365. The van der Waals surface area contributed by atoms with Gasteiger partial charge < -0.3 is 4.74 Å². The topological polar surface area (TPSA) is 56.3 Å². The van der Waals surface area contributed by atoms with E-state index in [-0.39, 0.29) is 24.4 Å². The van der Waals surface area contributed by atoms with Crippen molar-refractivity contribution in [3.05, 3.63) is 16.6 Å². The Kier molecular flexibility index (Phi) is 4.42. The Morgan fingerprint density at radius 3 is 2.93 bits per heavy atom. The summed E-state index contributed by atoms with van der Waals surface area (Å²) in [4.78, 5) is 26.4. The molecule has 0 unspecified atom stereocenters. The van der Waals surface area contributed by atoms with Crippen LogP contribution in [0, 0.1) is 0 Å². The zero-order valence-electron chi connectivity index (χ0n) is 7.86. The van der Waals surface area contributed by atoms with Crippen molar-refractivity contribution < 1.29 is 14.3 Å². The van der Waals surface area contributed by atoms with Crippen LogP contribution in [0.5, 0.6) is 0 Å². The molecule has 0 radical (unpaired) electrons. The summed E-state index contributed by atoms with van der Waals surface area (Å²) in [5, 5.41) is 2.11. The van der Waals surface area contributed by atoms with Gasteiger partial charge in [0.2, 0.25) is 0 Å². The number of thiazole rings is 1. The zero-order valence-corrected chi connectivity index (χ0v) is 8.67. The number of ketones is 2. The molecule has 0 bridgehead atoms. The van der Waals surface area contributed by atoms with Crippen LogP contribution in [-0.4, -0.2) is 30.3 Å². The Morgan fingerprint density at radius 1 is 1.57 bits per heavy atom. The average Bonchev–Trinajstić information content (AvgIpc) is 2.67. The van der Waals surface area contributed by atoms with Gasteiger partial charge in [0.05, 0.1) is 13.0 Å². The first-order valence-electron chi connectivity index (χ1n) is 4.17. The van der Waals surface area contributed by atoms with Gasteiger partial charge in [-0.3, -0.25) is 9.59 Å². The van der Waals surface area contributed by atoms with Crippen LogP contribution in [0.4, 0.5) is 0 Å². The minimum atomic E-state index is -0.207. The van der Waals surface area contributed by atoms with E-state index in [9.17, 15) is 9.59 Å². The van der Waals surface area contributed by atoms with Gasteiger partial charge in [-0.1, -0.05) is 0 Å². The van der Waals surface area contributed by atoms with Crippen LogP contribution in [0.15, 0.2) is 11.6 Å². The predicted octanol–water partition coefficient (Wildman–Crippen LogP) is 1.32.